The van der Waals surface area contributed by atoms with E-state index in [0.29, 0.717) is 6.54 Å². The topological polar surface area (TPSA) is 51.2 Å². The van der Waals surface area contributed by atoms with Crippen LogP contribution in [0, 0.1) is 6.92 Å². The molecule has 1 N–H and O–H groups in total. The van der Waals surface area contributed by atoms with E-state index in [9.17, 15) is 4.79 Å². The third kappa shape index (κ3) is 5.50. The fourth-order valence-corrected chi connectivity index (χ4v) is 2.85. The number of halogens is 1. The van der Waals surface area contributed by atoms with Crippen molar-refractivity contribution in [2.24, 2.45) is 0 Å². The third-order valence-corrected chi connectivity index (χ3v) is 3.56. The van der Waals surface area contributed by atoms with Gasteiger partial charge in [0.2, 0.25) is 0 Å². The summed E-state index contributed by atoms with van der Waals surface area (Å²) in [5.74, 6) is 0. The lowest BCUT2D eigenvalue weighted by atomic mass is 10.2. The van der Waals surface area contributed by atoms with Gasteiger partial charge in [-0.3, -0.25) is 0 Å². The summed E-state index contributed by atoms with van der Waals surface area (Å²) < 4.78 is 6.02. The van der Waals surface area contributed by atoms with Crippen LogP contribution in [-0.2, 0) is 11.2 Å². The molecule has 0 fully saturated rings. The quantitative estimate of drug-likeness (QED) is 0.929. The molecular formula is C11H17BrN2O2S. The normalized spacial score (nSPS) is 11.4. The second-order valence-electron chi connectivity index (χ2n) is 4.65. The van der Waals surface area contributed by atoms with Crippen LogP contribution in [0.4, 0.5) is 4.79 Å². The number of hydrogen-bond acceptors (Lipinski definition) is 4. The predicted octanol–water partition coefficient (Wildman–Crippen LogP) is 3.28. The number of aryl methyl sites for hydroxylation is 1. The smallest absolute Gasteiger partial charge is 0.407 e. The number of carbonyl (C=O) groups is 1. The van der Waals surface area contributed by atoms with Crippen LogP contribution in [0.1, 0.15) is 31.3 Å². The molecule has 4 nitrogen and oxygen atoms in total. The Balaban J connectivity index is 2.33. The number of amides is 1. The molecule has 1 aromatic rings. The number of ether oxygens (including phenoxy) is 1. The van der Waals surface area contributed by atoms with Crippen molar-refractivity contribution in [2.45, 2.75) is 39.7 Å². The minimum absolute atomic E-state index is 0.376. The molecule has 0 bridgehead atoms. The molecule has 6 heteroatoms. The number of nitrogens with one attached hydrogen (secondary N) is 1. The standard InChI is InChI=1S/C11H17BrN2O2S/c1-7-8(17-9(12)14-7)5-6-13-10(15)16-11(2,3)4/h5-6H2,1-4H3,(H,13,15). The zero-order chi connectivity index (χ0) is 13.1. The maximum atomic E-state index is 11.4. The Morgan fingerprint density at radius 3 is 2.65 bits per heavy atom. The summed E-state index contributed by atoms with van der Waals surface area (Å²) in [5.41, 5.74) is 0.556. The van der Waals surface area contributed by atoms with Gasteiger partial charge in [0.1, 0.15) is 5.60 Å². The van der Waals surface area contributed by atoms with Gasteiger partial charge in [-0.15, -0.1) is 11.3 Å². The van der Waals surface area contributed by atoms with Gasteiger partial charge in [-0.05, 0) is 43.6 Å². The van der Waals surface area contributed by atoms with E-state index in [2.05, 4.69) is 26.2 Å². The first-order valence-electron chi connectivity index (χ1n) is 5.36. The molecule has 1 aromatic heterocycles. The van der Waals surface area contributed by atoms with Crippen LogP contribution in [0.2, 0.25) is 0 Å². The molecule has 1 rings (SSSR count). The van der Waals surface area contributed by atoms with Crippen LogP contribution in [0.3, 0.4) is 0 Å². The van der Waals surface area contributed by atoms with Crippen LogP contribution in [0.5, 0.6) is 0 Å². The first-order valence-corrected chi connectivity index (χ1v) is 6.97. The van der Waals surface area contributed by atoms with Crippen molar-refractivity contribution in [2.75, 3.05) is 6.54 Å². The van der Waals surface area contributed by atoms with E-state index in [1.54, 1.807) is 11.3 Å². The molecule has 0 aliphatic carbocycles. The summed E-state index contributed by atoms with van der Waals surface area (Å²) in [5, 5.41) is 2.73. The molecule has 96 valence electrons. The highest BCUT2D eigenvalue weighted by Gasteiger charge is 2.15. The SMILES string of the molecule is Cc1nc(Br)sc1CCNC(=O)OC(C)(C)C. The molecule has 0 saturated carbocycles. The van der Waals surface area contributed by atoms with Gasteiger partial charge in [0.25, 0.3) is 0 Å². The summed E-state index contributed by atoms with van der Waals surface area (Å²) in [6, 6.07) is 0. The number of hydrogen-bond donors (Lipinski definition) is 1. The van der Waals surface area contributed by atoms with Crippen LogP contribution >= 0.6 is 27.3 Å². The third-order valence-electron chi connectivity index (χ3n) is 1.89. The zero-order valence-corrected chi connectivity index (χ0v) is 12.9. The molecule has 1 amide bonds. The van der Waals surface area contributed by atoms with Gasteiger partial charge in [-0.1, -0.05) is 0 Å². The van der Waals surface area contributed by atoms with Crippen LogP contribution < -0.4 is 5.32 Å². The van der Waals surface area contributed by atoms with Gasteiger partial charge in [0.15, 0.2) is 3.92 Å². The summed E-state index contributed by atoms with van der Waals surface area (Å²) in [4.78, 5) is 16.8. The van der Waals surface area contributed by atoms with Gasteiger partial charge in [0.05, 0.1) is 5.69 Å². The van der Waals surface area contributed by atoms with E-state index in [1.807, 2.05) is 27.7 Å². The Kier molecular flexibility index (Phi) is 4.94. The minimum Gasteiger partial charge on any atom is -0.444 e. The van der Waals surface area contributed by atoms with Crippen molar-refractivity contribution in [1.82, 2.24) is 10.3 Å². The highest BCUT2D eigenvalue weighted by atomic mass is 79.9. The first kappa shape index (κ1) is 14.4. The second kappa shape index (κ2) is 5.82. The van der Waals surface area contributed by atoms with Crippen LogP contribution in [0.25, 0.3) is 0 Å². The van der Waals surface area contributed by atoms with Crippen LogP contribution in [-0.4, -0.2) is 23.2 Å². The molecule has 0 unspecified atom stereocenters. The average molecular weight is 321 g/mol. The van der Waals surface area contributed by atoms with Crippen molar-refractivity contribution in [3.63, 3.8) is 0 Å². The molecule has 17 heavy (non-hydrogen) atoms. The largest absolute Gasteiger partial charge is 0.444 e. The number of alkyl carbamates (subject to hydrolysis) is 1. The van der Waals surface area contributed by atoms with Crippen molar-refractivity contribution < 1.29 is 9.53 Å². The lowest BCUT2D eigenvalue weighted by Gasteiger charge is -2.19. The molecule has 0 atom stereocenters. The Bertz CT molecular complexity index is 399. The van der Waals surface area contributed by atoms with Gasteiger partial charge in [-0.2, -0.15) is 0 Å². The molecule has 0 saturated heterocycles. The van der Waals surface area contributed by atoms with E-state index in [-0.39, 0.29) is 6.09 Å². The number of nitrogens with zero attached hydrogens (tertiary/aromatic N) is 1. The first-order chi connectivity index (χ1) is 7.78. The molecule has 0 spiro atoms. The molecule has 0 aromatic carbocycles. The number of aromatic nitrogens is 1. The van der Waals surface area contributed by atoms with Crippen molar-refractivity contribution in [3.05, 3.63) is 14.5 Å². The molecule has 0 aliphatic rings. The van der Waals surface area contributed by atoms with E-state index in [1.165, 1.54) is 4.88 Å². The Morgan fingerprint density at radius 1 is 1.53 bits per heavy atom. The minimum atomic E-state index is -0.451. The van der Waals surface area contributed by atoms with E-state index < -0.39 is 5.60 Å². The van der Waals surface area contributed by atoms with Crippen molar-refractivity contribution in [3.8, 4) is 0 Å². The average Bonchev–Trinajstić information content (AvgIpc) is 2.42. The monoisotopic (exact) mass is 320 g/mol. The molecule has 1 heterocycles. The predicted molar refractivity (Wildman–Crippen MR) is 72.5 cm³/mol. The summed E-state index contributed by atoms with van der Waals surface area (Å²) in [7, 11) is 0. The highest BCUT2D eigenvalue weighted by Crippen LogP contribution is 2.22. The van der Waals surface area contributed by atoms with Crippen molar-refractivity contribution in [1.29, 1.82) is 0 Å². The summed E-state index contributed by atoms with van der Waals surface area (Å²) in [6.45, 7) is 8.06. The fraction of sp³-hybridized carbons (Fsp3) is 0.636. The van der Waals surface area contributed by atoms with Crippen molar-refractivity contribution >= 4 is 33.4 Å². The van der Waals surface area contributed by atoms with Crippen LogP contribution in [0.15, 0.2) is 3.92 Å². The number of carbonyl (C=O) groups excluding carboxylic acids is 1. The maximum Gasteiger partial charge on any atom is 0.407 e. The van der Waals surface area contributed by atoms with E-state index in [4.69, 9.17) is 4.74 Å². The number of rotatable bonds is 3. The summed E-state index contributed by atoms with van der Waals surface area (Å²) >= 11 is 4.93. The maximum absolute atomic E-state index is 11.4. The van der Waals surface area contributed by atoms with Gasteiger partial charge < -0.3 is 10.1 Å². The highest BCUT2D eigenvalue weighted by molar-refractivity contribution is 9.11. The Hall–Kier alpha value is -0.620. The Labute approximate surface area is 114 Å². The number of thiazole rings is 1. The second-order valence-corrected chi connectivity index (χ2v) is 7.01. The van der Waals surface area contributed by atoms with Gasteiger partial charge in [-0.25, -0.2) is 9.78 Å². The molecule has 0 radical (unpaired) electrons. The Morgan fingerprint density at radius 2 is 2.18 bits per heavy atom. The van der Waals surface area contributed by atoms with Gasteiger partial charge >= 0.3 is 6.09 Å². The lowest BCUT2D eigenvalue weighted by molar-refractivity contribution is 0.0528. The lowest BCUT2D eigenvalue weighted by Crippen LogP contribution is -2.33. The fourth-order valence-electron chi connectivity index (χ4n) is 1.22. The van der Waals surface area contributed by atoms with E-state index in [0.717, 1.165) is 16.0 Å². The van der Waals surface area contributed by atoms with E-state index >= 15 is 0 Å². The molecular weight excluding hydrogens is 304 g/mol. The molecule has 0 aliphatic heterocycles. The zero-order valence-electron chi connectivity index (χ0n) is 10.5. The summed E-state index contributed by atoms with van der Waals surface area (Å²) in [6.07, 6.45) is 0.396. The van der Waals surface area contributed by atoms with Gasteiger partial charge in [0, 0.05) is 17.8 Å².